The summed E-state index contributed by atoms with van der Waals surface area (Å²) in [7, 11) is 0. The Kier molecular flexibility index (Phi) is 2.54. The van der Waals surface area contributed by atoms with Gasteiger partial charge in [-0.3, -0.25) is 0 Å². The fraction of sp³-hybridized carbons (Fsp3) is 0.333. The molecule has 0 N–H and O–H groups in total. The lowest BCUT2D eigenvalue weighted by Crippen LogP contribution is -2.05. The third kappa shape index (κ3) is 1.34. The van der Waals surface area contributed by atoms with Crippen molar-refractivity contribution in [3.05, 3.63) is 29.8 Å². The second kappa shape index (κ2) is 3.49. The molecule has 1 aliphatic rings. The summed E-state index contributed by atoms with van der Waals surface area (Å²) in [6.45, 7) is 0. The van der Waals surface area contributed by atoms with Crippen LogP contribution in [0.1, 0.15) is 10.9 Å². The van der Waals surface area contributed by atoms with Crippen molar-refractivity contribution in [2.24, 2.45) is 0 Å². The quantitative estimate of drug-likeness (QED) is 0.649. The molecule has 1 aromatic carbocycles. The molecule has 0 nitrogen and oxygen atoms in total. The Labute approximate surface area is 86.3 Å². The van der Waals surface area contributed by atoms with Crippen LogP contribution in [0.25, 0.3) is 0 Å². The van der Waals surface area contributed by atoms with Crippen molar-refractivity contribution in [2.75, 3.05) is 5.88 Å². The number of halogens is 2. The van der Waals surface area contributed by atoms with Gasteiger partial charge in [0.15, 0.2) is 0 Å². The van der Waals surface area contributed by atoms with Crippen molar-refractivity contribution in [1.29, 1.82) is 0 Å². The van der Waals surface area contributed by atoms with Crippen LogP contribution in [0.5, 0.6) is 0 Å². The molecule has 2 rings (SSSR count). The van der Waals surface area contributed by atoms with E-state index in [1.54, 1.807) is 11.8 Å². The van der Waals surface area contributed by atoms with Gasteiger partial charge < -0.3 is 0 Å². The highest BCUT2D eigenvalue weighted by atomic mass is 35.5. The number of alkyl halides is 2. The largest absolute Gasteiger partial charge is 0.125 e. The van der Waals surface area contributed by atoms with Crippen molar-refractivity contribution in [3.8, 4) is 0 Å². The van der Waals surface area contributed by atoms with Gasteiger partial charge >= 0.3 is 0 Å². The molecule has 0 saturated heterocycles. The van der Waals surface area contributed by atoms with Gasteiger partial charge in [0.2, 0.25) is 0 Å². The van der Waals surface area contributed by atoms with Gasteiger partial charge in [-0.15, -0.1) is 35.0 Å². The Morgan fingerprint density at radius 3 is 2.75 bits per heavy atom. The molecule has 1 aromatic rings. The predicted molar refractivity (Wildman–Crippen MR) is 55.4 cm³/mol. The van der Waals surface area contributed by atoms with E-state index in [0.29, 0.717) is 11.1 Å². The van der Waals surface area contributed by atoms with Crippen molar-refractivity contribution in [1.82, 2.24) is 0 Å². The standard InChI is InChI=1S/C9H8Cl2S/c10-5-8-9(11)6-3-1-2-4-7(6)12-8/h1-4,8-9H,5H2/t8-,9-/m0/s1. The molecule has 0 spiro atoms. The minimum atomic E-state index is 0.0868. The molecule has 0 unspecified atom stereocenters. The number of thioether (sulfide) groups is 1. The zero-order chi connectivity index (χ0) is 8.55. The van der Waals surface area contributed by atoms with Crippen LogP contribution in [0, 0.1) is 0 Å². The minimum Gasteiger partial charge on any atom is -0.125 e. The van der Waals surface area contributed by atoms with Gasteiger partial charge in [-0.1, -0.05) is 18.2 Å². The van der Waals surface area contributed by atoms with Gasteiger partial charge in [-0.05, 0) is 11.6 Å². The first-order valence-electron chi connectivity index (χ1n) is 3.78. The molecule has 64 valence electrons. The molecule has 0 aliphatic carbocycles. The molecule has 1 heterocycles. The summed E-state index contributed by atoms with van der Waals surface area (Å²) in [4.78, 5) is 1.28. The van der Waals surface area contributed by atoms with Crippen LogP contribution in [-0.4, -0.2) is 11.1 Å². The van der Waals surface area contributed by atoms with Crippen molar-refractivity contribution in [2.45, 2.75) is 15.5 Å². The summed E-state index contributed by atoms with van der Waals surface area (Å²) in [5, 5.41) is 0.425. The topological polar surface area (TPSA) is 0 Å². The van der Waals surface area contributed by atoms with E-state index in [-0.39, 0.29) is 5.38 Å². The molecule has 0 saturated carbocycles. The predicted octanol–water partition coefficient (Wildman–Crippen LogP) is 3.68. The molecule has 0 aromatic heterocycles. The first-order valence-corrected chi connectivity index (χ1v) is 5.63. The van der Waals surface area contributed by atoms with E-state index < -0.39 is 0 Å². The van der Waals surface area contributed by atoms with Gasteiger partial charge in [0, 0.05) is 16.0 Å². The summed E-state index contributed by atoms with van der Waals surface area (Å²) in [6.07, 6.45) is 0. The van der Waals surface area contributed by atoms with Crippen molar-refractivity contribution < 1.29 is 0 Å². The third-order valence-electron chi connectivity index (χ3n) is 1.97. The smallest absolute Gasteiger partial charge is 0.0729 e. The first-order chi connectivity index (χ1) is 5.83. The minimum absolute atomic E-state index is 0.0868. The molecular weight excluding hydrogens is 211 g/mol. The van der Waals surface area contributed by atoms with Gasteiger partial charge in [-0.25, -0.2) is 0 Å². The maximum atomic E-state index is 6.20. The maximum absolute atomic E-state index is 6.20. The highest BCUT2D eigenvalue weighted by Gasteiger charge is 2.30. The van der Waals surface area contributed by atoms with Gasteiger partial charge in [0.1, 0.15) is 0 Å². The van der Waals surface area contributed by atoms with E-state index in [2.05, 4.69) is 12.1 Å². The summed E-state index contributed by atoms with van der Waals surface area (Å²) in [5.74, 6) is 0.619. The van der Waals surface area contributed by atoms with Crippen LogP contribution in [-0.2, 0) is 0 Å². The summed E-state index contributed by atoms with van der Waals surface area (Å²) < 4.78 is 0. The molecule has 0 amide bonds. The SMILES string of the molecule is ClC[C@@H]1Sc2ccccc2[C@@H]1Cl. The Balaban J connectivity index is 2.35. The van der Waals surface area contributed by atoms with E-state index in [9.17, 15) is 0 Å². The van der Waals surface area contributed by atoms with E-state index in [1.807, 2.05) is 12.1 Å². The van der Waals surface area contributed by atoms with E-state index in [0.717, 1.165) is 0 Å². The lowest BCUT2D eigenvalue weighted by molar-refractivity contribution is 0.926. The van der Waals surface area contributed by atoms with E-state index in [1.165, 1.54) is 10.5 Å². The molecular formula is C9H8Cl2S. The van der Waals surface area contributed by atoms with Crippen molar-refractivity contribution >= 4 is 35.0 Å². The molecule has 0 radical (unpaired) electrons. The average molecular weight is 219 g/mol. The highest BCUT2D eigenvalue weighted by molar-refractivity contribution is 8.00. The first kappa shape index (κ1) is 8.74. The van der Waals surface area contributed by atoms with Gasteiger partial charge in [0.05, 0.1) is 5.38 Å². The summed E-state index contributed by atoms with van der Waals surface area (Å²) >= 11 is 13.8. The van der Waals surface area contributed by atoms with Crippen LogP contribution in [0.2, 0.25) is 0 Å². The van der Waals surface area contributed by atoms with Crippen molar-refractivity contribution in [3.63, 3.8) is 0 Å². The third-order valence-corrected chi connectivity index (χ3v) is 4.54. The maximum Gasteiger partial charge on any atom is 0.0729 e. The van der Waals surface area contributed by atoms with E-state index in [4.69, 9.17) is 23.2 Å². The number of rotatable bonds is 1. The molecule has 1 aliphatic heterocycles. The Morgan fingerprint density at radius 1 is 1.33 bits per heavy atom. The second-order valence-electron chi connectivity index (χ2n) is 2.75. The van der Waals surface area contributed by atoms with E-state index >= 15 is 0 Å². The second-order valence-corrected chi connectivity index (χ2v) is 4.81. The molecule has 3 heteroatoms. The number of fused-ring (bicyclic) bond motifs is 1. The lowest BCUT2D eigenvalue weighted by Gasteiger charge is -2.07. The molecule has 2 atom stereocenters. The number of hydrogen-bond acceptors (Lipinski definition) is 1. The number of benzene rings is 1. The molecule has 12 heavy (non-hydrogen) atoms. The summed E-state index contributed by atoms with van der Waals surface area (Å²) in [6, 6.07) is 8.23. The fourth-order valence-corrected chi connectivity index (χ4v) is 3.45. The highest BCUT2D eigenvalue weighted by Crippen LogP contribution is 2.47. The normalized spacial score (nSPS) is 27.2. The Morgan fingerprint density at radius 2 is 2.08 bits per heavy atom. The van der Waals surface area contributed by atoms with Crippen LogP contribution >= 0.6 is 35.0 Å². The summed E-state index contributed by atoms with van der Waals surface area (Å²) in [5.41, 5.74) is 1.23. The monoisotopic (exact) mass is 218 g/mol. The number of hydrogen-bond donors (Lipinski definition) is 0. The van der Waals surface area contributed by atoms with Gasteiger partial charge in [-0.2, -0.15) is 0 Å². The Bertz CT molecular complexity index is 288. The van der Waals surface area contributed by atoms with Gasteiger partial charge in [0.25, 0.3) is 0 Å². The average Bonchev–Trinajstić information content (AvgIpc) is 2.44. The lowest BCUT2D eigenvalue weighted by atomic mass is 10.1. The zero-order valence-corrected chi connectivity index (χ0v) is 8.66. The Hall–Kier alpha value is 0.150. The molecule has 0 fully saturated rings. The van der Waals surface area contributed by atoms with Crippen LogP contribution in [0.15, 0.2) is 29.2 Å². The van der Waals surface area contributed by atoms with Crippen LogP contribution < -0.4 is 0 Å². The van der Waals surface area contributed by atoms with Crippen LogP contribution in [0.4, 0.5) is 0 Å². The van der Waals surface area contributed by atoms with Crippen LogP contribution in [0.3, 0.4) is 0 Å². The molecule has 0 bridgehead atoms. The fourth-order valence-electron chi connectivity index (χ4n) is 1.35. The zero-order valence-electron chi connectivity index (χ0n) is 6.34.